The summed E-state index contributed by atoms with van der Waals surface area (Å²) in [6.07, 6.45) is 0. The molecule has 1 rings (SSSR count). The van der Waals surface area contributed by atoms with Gasteiger partial charge in [-0.25, -0.2) is 9.59 Å². The lowest BCUT2D eigenvalue weighted by atomic mass is 10.1. The van der Waals surface area contributed by atoms with E-state index in [-0.39, 0.29) is 17.8 Å². The summed E-state index contributed by atoms with van der Waals surface area (Å²) >= 11 is 0. The molecule has 0 fully saturated rings. The van der Waals surface area contributed by atoms with E-state index in [1.807, 2.05) is 0 Å². The van der Waals surface area contributed by atoms with Crippen LogP contribution in [-0.2, 0) is 4.79 Å². The van der Waals surface area contributed by atoms with Crippen molar-refractivity contribution < 1.29 is 24.6 Å². The monoisotopic (exact) mass is 281 g/mol. The molecule has 1 atom stereocenters. The Morgan fingerprint density at radius 3 is 2.50 bits per heavy atom. The van der Waals surface area contributed by atoms with Crippen molar-refractivity contribution in [1.29, 1.82) is 0 Å². The van der Waals surface area contributed by atoms with Crippen LogP contribution in [0.1, 0.15) is 15.9 Å². The molecule has 0 bridgehead atoms. The minimum Gasteiger partial charge on any atom is -0.480 e. The molecule has 0 aliphatic rings. The normalized spacial score (nSPS) is 11.5. The molecule has 20 heavy (non-hydrogen) atoms. The van der Waals surface area contributed by atoms with Crippen molar-refractivity contribution in [3.8, 4) is 0 Å². The molecule has 2 amide bonds. The molecule has 0 saturated heterocycles. The smallest absolute Gasteiger partial charge is 0.336 e. The fraction of sp³-hybridized carbons (Fsp3) is 0.250. The topological polar surface area (TPSA) is 142 Å². The molecule has 8 nitrogen and oxygen atoms in total. The van der Waals surface area contributed by atoms with Crippen LogP contribution in [0.4, 0.5) is 10.5 Å². The highest BCUT2D eigenvalue weighted by molar-refractivity contribution is 5.94. The maximum absolute atomic E-state index is 11.5. The van der Waals surface area contributed by atoms with Crippen LogP contribution >= 0.6 is 0 Å². The van der Waals surface area contributed by atoms with Crippen molar-refractivity contribution in [2.24, 2.45) is 5.73 Å². The Bertz CT molecular complexity index is 544. The fourth-order valence-corrected chi connectivity index (χ4v) is 1.40. The van der Waals surface area contributed by atoms with Gasteiger partial charge in [0.25, 0.3) is 0 Å². The van der Waals surface area contributed by atoms with E-state index in [1.165, 1.54) is 6.07 Å². The fourth-order valence-electron chi connectivity index (χ4n) is 1.40. The van der Waals surface area contributed by atoms with Gasteiger partial charge in [-0.15, -0.1) is 0 Å². The summed E-state index contributed by atoms with van der Waals surface area (Å²) in [6, 6.07) is 2.55. The number of nitrogens with two attached hydrogens (primary N) is 1. The lowest BCUT2D eigenvalue weighted by Crippen LogP contribution is -2.43. The standard InChI is InChI=1S/C12H15N3O5/c1-6-2-3-7(4-8(6)10(16)17)15-12(20)14-5-9(13)11(18)19/h2-4,9H,5,13H2,1H3,(H,16,17)(H,18,19)(H2,14,15,20). The summed E-state index contributed by atoms with van der Waals surface area (Å²) in [5.41, 5.74) is 6.15. The average molecular weight is 281 g/mol. The van der Waals surface area contributed by atoms with E-state index in [9.17, 15) is 14.4 Å². The number of hydrogen-bond acceptors (Lipinski definition) is 4. The first-order valence-electron chi connectivity index (χ1n) is 5.68. The Morgan fingerprint density at radius 2 is 1.95 bits per heavy atom. The van der Waals surface area contributed by atoms with Gasteiger partial charge >= 0.3 is 18.0 Å². The number of carboxylic acid groups (broad SMARTS) is 2. The SMILES string of the molecule is Cc1ccc(NC(=O)NCC(N)C(=O)O)cc1C(=O)O. The summed E-state index contributed by atoms with van der Waals surface area (Å²) < 4.78 is 0. The molecular formula is C12H15N3O5. The summed E-state index contributed by atoms with van der Waals surface area (Å²) in [5, 5.41) is 22.2. The summed E-state index contributed by atoms with van der Waals surface area (Å²) in [6.45, 7) is 1.40. The van der Waals surface area contributed by atoms with Crippen molar-refractivity contribution in [2.45, 2.75) is 13.0 Å². The first kappa shape index (κ1) is 15.4. The predicted molar refractivity (Wildman–Crippen MR) is 70.8 cm³/mol. The molecule has 0 spiro atoms. The van der Waals surface area contributed by atoms with Crippen LogP contribution in [0.3, 0.4) is 0 Å². The number of carbonyl (C=O) groups is 3. The molecule has 0 aliphatic heterocycles. The van der Waals surface area contributed by atoms with E-state index >= 15 is 0 Å². The molecule has 0 aliphatic carbocycles. The number of carboxylic acids is 2. The van der Waals surface area contributed by atoms with Gasteiger partial charge in [0.1, 0.15) is 6.04 Å². The lowest BCUT2D eigenvalue weighted by molar-refractivity contribution is -0.138. The van der Waals surface area contributed by atoms with E-state index in [0.717, 1.165) is 0 Å². The average Bonchev–Trinajstić information content (AvgIpc) is 2.37. The van der Waals surface area contributed by atoms with Crippen LogP contribution in [0, 0.1) is 6.92 Å². The van der Waals surface area contributed by atoms with Crippen molar-refractivity contribution in [2.75, 3.05) is 11.9 Å². The van der Waals surface area contributed by atoms with Gasteiger partial charge in [0.15, 0.2) is 0 Å². The van der Waals surface area contributed by atoms with Gasteiger partial charge in [0, 0.05) is 12.2 Å². The van der Waals surface area contributed by atoms with E-state index in [4.69, 9.17) is 15.9 Å². The van der Waals surface area contributed by atoms with E-state index in [2.05, 4.69) is 10.6 Å². The number of aliphatic carboxylic acids is 1. The third kappa shape index (κ3) is 4.25. The van der Waals surface area contributed by atoms with Gasteiger partial charge in [0.05, 0.1) is 5.56 Å². The largest absolute Gasteiger partial charge is 0.480 e. The molecule has 0 saturated carbocycles. The van der Waals surface area contributed by atoms with E-state index in [1.54, 1.807) is 19.1 Å². The van der Waals surface area contributed by atoms with Crippen molar-refractivity contribution in [1.82, 2.24) is 5.32 Å². The third-order valence-corrected chi connectivity index (χ3v) is 2.53. The molecule has 0 radical (unpaired) electrons. The second-order valence-corrected chi connectivity index (χ2v) is 4.11. The Labute approximate surface area is 114 Å². The molecule has 6 N–H and O–H groups in total. The molecule has 8 heteroatoms. The second kappa shape index (κ2) is 6.53. The highest BCUT2D eigenvalue weighted by Gasteiger charge is 2.13. The second-order valence-electron chi connectivity index (χ2n) is 4.11. The number of rotatable bonds is 5. The number of benzene rings is 1. The number of hydrogen-bond donors (Lipinski definition) is 5. The lowest BCUT2D eigenvalue weighted by Gasteiger charge is -2.11. The van der Waals surface area contributed by atoms with Crippen molar-refractivity contribution >= 4 is 23.7 Å². The zero-order valence-electron chi connectivity index (χ0n) is 10.7. The predicted octanol–water partition coefficient (Wildman–Crippen LogP) is 0.227. The van der Waals surface area contributed by atoms with Gasteiger partial charge in [-0.05, 0) is 24.6 Å². The molecule has 1 aromatic rings. The Balaban J connectivity index is 2.65. The number of urea groups is 1. The van der Waals surface area contributed by atoms with Crippen LogP contribution in [-0.4, -0.2) is 40.8 Å². The minimum atomic E-state index is -1.23. The van der Waals surface area contributed by atoms with Crippen LogP contribution in [0.25, 0.3) is 0 Å². The summed E-state index contributed by atoms with van der Waals surface area (Å²) in [4.78, 5) is 32.9. The van der Waals surface area contributed by atoms with Gasteiger partial charge in [-0.1, -0.05) is 6.07 Å². The highest BCUT2D eigenvalue weighted by atomic mass is 16.4. The van der Waals surface area contributed by atoms with Crippen LogP contribution in [0.5, 0.6) is 0 Å². The van der Waals surface area contributed by atoms with Gasteiger partial charge < -0.3 is 26.6 Å². The zero-order chi connectivity index (χ0) is 15.3. The third-order valence-electron chi connectivity index (χ3n) is 2.53. The van der Waals surface area contributed by atoms with Gasteiger partial charge in [-0.3, -0.25) is 4.79 Å². The number of carbonyl (C=O) groups excluding carboxylic acids is 1. The zero-order valence-corrected chi connectivity index (χ0v) is 10.7. The highest BCUT2D eigenvalue weighted by Crippen LogP contribution is 2.15. The maximum Gasteiger partial charge on any atom is 0.336 e. The molecule has 0 aromatic heterocycles. The Hall–Kier alpha value is -2.61. The molecule has 0 heterocycles. The van der Waals surface area contributed by atoms with Gasteiger partial charge in [0.2, 0.25) is 0 Å². The maximum atomic E-state index is 11.5. The summed E-state index contributed by atoms with van der Waals surface area (Å²) in [5.74, 6) is -2.33. The van der Waals surface area contributed by atoms with Crippen LogP contribution < -0.4 is 16.4 Å². The summed E-state index contributed by atoms with van der Waals surface area (Å²) in [7, 11) is 0. The van der Waals surface area contributed by atoms with Crippen LogP contribution in [0.2, 0.25) is 0 Å². The minimum absolute atomic E-state index is 0.0741. The first-order chi connectivity index (χ1) is 9.31. The Morgan fingerprint density at radius 1 is 1.30 bits per heavy atom. The quantitative estimate of drug-likeness (QED) is 0.523. The van der Waals surface area contributed by atoms with E-state index < -0.39 is 24.0 Å². The number of aryl methyl sites for hydroxylation is 1. The van der Waals surface area contributed by atoms with Gasteiger partial charge in [-0.2, -0.15) is 0 Å². The van der Waals surface area contributed by atoms with E-state index in [0.29, 0.717) is 5.56 Å². The van der Waals surface area contributed by atoms with Crippen molar-refractivity contribution in [3.63, 3.8) is 0 Å². The van der Waals surface area contributed by atoms with Crippen molar-refractivity contribution in [3.05, 3.63) is 29.3 Å². The molecule has 1 aromatic carbocycles. The number of aromatic carboxylic acids is 1. The van der Waals surface area contributed by atoms with Crippen LogP contribution in [0.15, 0.2) is 18.2 Å². The first-order valence-corrected chi connectivity index (χ1v) is 5.68. The number of nitrogens with one attached hydrogen (secondary N) is 2. The molecular weight excluding hydrogens is 266 g/mol. The molecule has 1 unspecified atom stereocenters. The number of amides is 2. The Kier molecular flexibility index (Phi) is 5.04. The molecule has 108 valence electrons. The number of anilines is 1.